The van der Waals surface area contributed by atoms with Crippen LogP contribution in [0.5, 0.6) is 0 Å². The minimum Gasteiger partial charge on any atom is -0.352 e. The van der Waals surface area contributed by atoms with Gasteiger partial charge in [-0.25, -0.2) is 0 Å². The van der Waals surface area contributed by atoms with Gasteiger partial charge in [-0.3, -0.25) is 9.59 Å². The molecule has 0 aliphatic carbocycles. The predicted molar refractivity (Wildman–Crippen MR) is 56.1 cm³/mol. The Kier molecular flexibility index (Phi) is 2.49. The van der Waals surface area contributed by atoms with Gasteiger partial charge in [-0.2, -0.15) is 13.2 Å². The van der Waals surface area contributed by atoms with Gasteiger partial charge in [0, 0.05) is 6.07 Å². The molecule has 2 rings (SSSR count). The first-order valence-corrected chi connectivity index (χ1v) is 4.63. The van der Waals surface area contributed by atoms with E-state index in [1.54, 1.807) is 0 Å². The Labute approximate surface area is 93.2 Å². The van der Waals surface area contributed by atoms with Gasteiger partial charge in [0.15, 0.2) is 0 Å². The lowest BCUT2D eigenvalue weighted by atomic mass is 10.1. The van der Waals surface area contributed by atoms with Gasteiger partial charge in [0.05, 0.1) is 16.9 Å². The Balaban J connectivity index is 2.38. The van der Waals surface area contributed by atoms with E-state index < -0.39 is 22.6 Å². The Morgan fingerprint density at radius 1 is 1.00 bits per heavy atom. The molecule has 0 fully saturated rings. The number of alkyl halides is 3. The highest BCUT2D eigenvalue weighted by Gasteiger charge is 2.33. The zero-order valence-electron chi connectivity index (χ0n) is 8.34. The molecule has 0 radical (unpaired) electrons. The standard InChI is InChI=1S/C11H6F3NO2/c12-11(13,14)6-3-1-2-4-7(6)15-8-5-9(16)10(8)17/h1-5,15H. The fourth-order valence-corrected chi connectivity index (χ4v) is 1.39. The minimum absolute atomic E-state index is 0.119. The maximum atomic E-state index is 12.6. The third-order valence-electron chi connectivity index (χ3n) is 2.25. The molecule has 0 heterocycles. The molecule has 0 aliphatic heterocycles. The Morgan fingerprint density at radius 3 is 2.18 bits per heavy atom. The molecule has 0 saturated heterocycles. The first kappa shape index (κ1) is 11.4. The smallest absolute Gasteiger partial charge is 0.352 e. The molecular weight excluding hydrogens is 235 g/mol. The van der Waals surface area contributed by atoms with Crippen LogP contribution in [0.4, 0.5) is 24.5 Å². The van der Waals surface area contributed by atoms with Crippen molar-refractivity contribution in [3.05, 3.63) is 56.3 Å². The van der Waals surface area contributed by atoms with Gasteiger partial charge in [-0.05, 0) is 12.1 Å². The number of halogens is 3. The number of nitrogens with one attached hydrogen (secondary N) is 1. The van der Waals surface area contributed by atoms with Gasteiger partial charge in [-0.1, -0.05) is 12.1 Å². The van der Waals surface area contributed by atoms with E-state index in [9.17, 15) is 22.8 Å². The maximum Gasteiger partial charge on any atom is 0.418 e. The van der Waals surface area contributed by atoms with Crippen LogP contribution in [0.1, 0.15) is 5.56 Å². The van der Waals surface area contributed by atoms with Crippen molar-refractivity contribution in [3.8, 4) is 0 Å². The maximum absolute atomic E-state index is 12.6. The SMILES string of the molecule is O=c1cc(Nc2ccccc2C(F)(F)F)c1=O. The van der Waals surface area contributed by atoms with Gasteiger partial charge in [-0.15, -0.1) is 0 Å². The van der Waals surface area contributed by atoms with Crippen LogP contribution in [-0.4, -0.2) is 0 Å². The highest BCUT2D eigenvalue weighted by Crippen LogP contribution is 2.35. The van der Waals surface area contributed by atoms with Crippen molar-refractivity contribution in [1.82, 2.24) is 0 Å². The monoisotopic (exact) mass is 241 g/mol. The van der Waals surface area contributed by atoms with E-state index in [2.05, 4.69) is 5.32 Å². The number of anilines is 2. The highest BCUT2D eigenvalue weighted by atomic mass is 19.4. The van der Waals surface area contributed by atoms with Crippen LogP contribution in [0.25, 0.3) is 0 Å². The molecule has 0 amide bonds. The number of rotatable bonds is 2. The molecule has 0 bridgehead atoms. The lowest BCUT2D eigenvalue weighted by molar-refractivity contribution is -0.136. The average Bonchev–Trinajstić information content (AvgIpc) is 2.27. The molecule has 17 heavy (non-hydrogen) atoms. The van der Waals surface area contributed by atoms with E-state index in [-0.39, 0.29) is 11.4 Å². The molecule has 88 valence electrons. The van der Waals surface area contributed by atoms with Crippen LogP contribution in [0.15, 0.2) is 39.9 Å². The summed E-state index contributed by atoms with van der Waals surface area (Å²) in [6, 6.07) is 5.71. The second-order valence-electron chi connectivity index (χ2n) is 3.42. The molecule has 2 aromatic carbocycles. The molecular formula is C11H6F3NO2. The van der Waals surface area contributed by atoms with Crippen molar-refractivity contribution in [2.24, 2.45) is 0 Å². The van der Waals surface area contributed by atoms with E-state index in [1.165, 1.54) is 18.2 Å². The van der Waals surface area contributed by atoms with Gasteiger partial charge in [0.1, 0.15) is 0 Å². The van der Waals surface area contributed by atoms with E-state index in [0.717, 1.165) is 12.1 Å². The van der Waals surface area contributed by atoms with Gasteiger partial charge in [0.25, 0.3) is 0 Å². The summed E-state index contributed by atoms with van der Waals surface area (Å²) in [5.41, 5.74) is -2.76. The summed E-state index contributed by atoms with van der Waals surface area (Å²) in [6.45, 7) is 0. The summed E-state index contributed by atoms with van der Waals surface area (Å²) in [4.78, 5) is 21.6. The minimum atomic E-state index is -4.51. The first-order chi connectivity index (χ1) is 7.89. The van der Waals surface area contributed by atoms with Crippen LogP contribution >= 0.6 is 0 Å². The zero-order chi connectivity index (χ0) is 12.6. The fourth-order valence-electron chi connectivity index (χ4n) is 1.39. The van der Waals surface area contributed by atoms with Crippen molar-refractivity contribution in [3.63, 3.8) is 0 Å². The summed E-state index contributed by atoms with van der Waals surface area (Å²) >= 11 is 0. The molecule has 0 atom stereocenters. The Morgan fingerprint density at radius 2 is 1.65 bits per heavy atom. The van der Waals surface area contributed by atoms with E-state index in [0.29, 0.717) is 0 Å². The highest BCUT2D eigenvalue weighted by molar-refractivity contribution is 5.65. The summed E-state index contributed by atoms with van der Waals surface area (Å²) in [6.07, 6.45) is -4.51. The fraction of sp³-hybridized carbons (Fsp3) is 0.0909. The van der Waals surface area contributed by atoms with Crippen LogP contribution in [0.2, 0.25) is 0 Å². The number of para-hydroxylation sites is 1. The number of hydrogen-bond donors (Lipinski definition) is 1. The number of hydrogen-bond acceptors (Lipinski definition) is 3. The van der Waals surface area contributed by atoms with Crippen LogP contribution in [0.3, 0.4) is 0 Å². The molecule has 0 aromatic heterocycles. The van der Waals surface area contributed by atoms with E-state index >= 15 is 0 Å². The van der Waals surface area contributed by atoms with Crippen LogP contribution < -0.4 is 16.2 Å². The summed E-state index contributed by atoms with van der Waals surface area (Å²) in [5, 5.41) is 2.30. The normalized spacial score (nSPS) is 11.7. The Hall–Kier alpha value is -2.11. The van der Waals surface area contributed by atoms with Crippen molar-refractivity contribution in [2.75, 3.05) is 5.32 Å². The molecule has 0 unspecified atom stereocenters. The molecule has 0 aliphatic rings. The topological polar surface area (TPSA) is 46.2 Å². The molecule has 2 aromatic rings. The van der Waals surface area contributed by atoms with Crippen molar-refractivity contribution in [2.45, 2.75) is 6.18 Å². The Bertz CT molecular complexity index is 624. The molecule has 6 heteroatoms. The zero-order valence-corrected chi connectivity index (χ0v) is 8.34. The average molecular weight is 241 g/mol. The second-order valence-corrected chi connectivity index (χ2v) is 3.42. The van der Waals surface area contributed by atoms with E-state index in [1.807, 2.05) is 0 Å². The van der Waals surface area contributed by atoms with Gasteiger partial charge < -0.3 is 5.32 Å². The van der Waals surface area contributed by atoms with Gasteiger partial charge >= 0.3 is 6.18 Å². The molecule has 0 spiro atoms. The lowest BCUT2D eigenvalue weighted by Gasteiger charge is -2.14. The summed E-state index contributed by atoms with van der Waals surface area (Å²) < 4.78 is 37.7. The van der Waals surface area contributed by atoms with Gasteiger partial charge in [0.2, 0.25) is 10.9 Å². The third kappa shape index (κ3) is 2.06. The van der Waals surface area contributed by atoms with Crippen LogP contribution in [0, 0.1) is 0 Å². The lowest BCUT2D eigenvalue weighted by Crippen LogP contribution is -2.31. The quantitative estimate of drug-likeness (QED) is 0.818. The van der Waals surface area contributed by atoms with E-state index in [4.69, 9.17) is 0 Å². The molecule has 1 N–H and O–H groups in total. The predicted octanol–water partition coefficient (Wildman–Crippen LogP) is 2.04. The third-order valence-corrected chi connectivity index (χ3v) is 2.25. The van der Waals surface area contributed by atoms with Crippen LogP contribution in [-0.2, 0) is 6.18 Å². The summed E-state index contributed by atoms with van der Waals surface area (Å²) in [7, 11) is 0. The molecule has 0 saturated carbocycles. The second kappa shape index (κ2) is 3.73. The summed E-state index contributed by atoms with van der Waals surface area (Å²) in [5.74, 6) is 0. The number of benzene rings is 1. The van der Waals surface area contributed by atoms with Crippen molar-refractivity contribution in [1.29, 1.82) is 0 Å². The first-order valence-electron chi connectivity index (χ1n) is 4.63. The molecule has 3 nitrogen and oxygen atoms in total. The van der Waals surface area contributed by atoms with Crippen molar-refractivity contribution < 1.29 is 13.2 Å². The largest absolute Gasteiger partial charge is 0.418 e. The van der Waals surface area contributed by atoms with Crippen molar-refractivity contribution >= 4 is 11.4 Å².